The van der Waals surface area contributed by atoms with Crippen LogP contribution in [0.15, 0.2) is 18.2 Å². The highest BCUT2D eigenvalue weighted by Gasteiger charge is 2.22. The minimum absolute atomic E-state index is 0.0859. The van der Waals surface area contributed by atoms with Gasteiger partial charge in [0.2, 0.25) is 0 Å². The van der Waals surface area contributed by atoms with E-state index in [1.807, 2.05) is 6.07 Å². The average molecular weight is 271 g/mol. The molecule has 0 bridgehead atoms. The molecule has 0 heterocycles. The highest BCUT2D eigenvalue weighted by molar-refractivity contribution is 7.91. The zero-order valence-electron chi connectivity index (χ0n) is 10.4. The van der Waals surface area contributed by atoms with Gasteiger partial charge < -0.3 is 5.32 Å². The van der Waals surface area contributed by atoms with Crippen LogP contribution in [0.2, 0.25) is 0 Å². The third-order valence-corrected chi connectivity index (χ3v) is 5.14. The summed E-state index contributed by atoms with van der Waals surface area (Å²) in [5.41, 5.74) is 2.14. The van der Waals surface area contributed by atoms with Gasteiger partial charge in [0.05, 0.1) is 5.75 Å². The van der Waals surface area contributed by atoms with Gasteiger partial charge in [-0.2, -0.15) is 0 Å². The maximum Gasteiger partial charge on any atom is 0.151 e. The second-order valence-corrected chi connectivity index (χ2v) is 7.10. The third kappa shape index (κ3) is 3.09. The molecular formula is C13H18FNO2S. The zero-order valence-corrected chi connectivity index (χ0v) is 11.3. The topological polar surface area (TPSA) is 46.2 Å². The summed E-state index contributed by atoms with van der Waals surface area (Å²) >= 11 is 0. The minimum atomic E-state index is -2.93. The van der Waals surface area contributed by atoms with E-state index in [2.05, 4.69) is 5.32 Å². The van der Waals surface area contributed by atoms with Crippen LogP contribution in [0.5, 0.6) is 0 Å². The molecule has 1 atom stereocenters. The Hall–Kier alpha value is -0.940. The van der Waals surface area contributed by atoms with Crippen molar-refractivity contribution in [2.75, 3.05) is 18.1 Å². The summed E-state index contributed by atoms with van der Waals surface area (Å²) < 4.78 is 35.9. The van der Waals surface area contributed by atoms with E-state index in [1.165, 1.54) is 6.07 Å². The number of rotatable bonds is 5. The fourth-order valence-electron chi connectivity index (χ4n) is 2.32. The van der Waals surface area contributed by atoms with Gasteiger partial charge in [-0.25, -0.2) is 12.8 Å². The molecule has 0 saturated carbocycles. The van der Waals surface area contributed by atoms with Crippen LogP contribution in [0.25, 0.3) is 0 Å². The van der Waals surface area contributed by atoms with E-state index in [4.69, 9.17) is 0 Å². The Balaban J connectivity index is 1.96. The molecule has 1 aliphatic rings. The molecule has 0 aliphatic heterocycles. The Morgan fingerprint density at radius 2 is 2.22 bits per heavy atom. The summed E-state index contributed by atoms with van der Waals surface area (Å²) in [6.45, 7) is 2.08. The number of sulfone groups is 1. The normalized spacial score (nSPS) is 18.9. The van der Waals surface area contributed by atoms with Gasteiger partial charge in [-0.15, -0.1) is 0 Å². The van der Waals surface area contributed by atoms with Crippen LogP contribution >= 0.6 is 0 Å². The predicted octanol–water partition coefficient (Wildman–Crippen LogP) is 1.84. The van der Waals surface area contributed by atoms with Gasteiger partial charge in [-0.05, 0) is 36.1 Å². The Morgan fingerprint density at radius 1 is 1.44 bits per heavy atom. The molecule has 0 spiro atoms. The fraction of sp³-hybridized carbons (Fsp3) is 0.538. The second-order valence-electron chi connectivity index (χ2n) is 4.62. The summed E-state index contributed by atoms with van der Waals surface area (Å²) in [6.07, 6.45) is 1.83. The van der Waals surface area contributed by atoms with E-state index in [-0.39, 0.29) is 23.4 Å². The molecule has 0 saturated heterocycles. The number of fused-ring (bicyclic) bond motifs is 1. The second kappa shape index (κ2) is 5.36. The lowest BCUT2D eigenvalue weighted by Gasteiger charge is -2.13. The average Bonchev–Trinajstić information content (AvgIpc) is 2.72. The lowest BCUT2D eigenvalue weighted by atomic mass is 10.1. The van der Waals surface area contributed by atoms with Crippen molar-refractivity contribution in [3.8, 4) is 0 Å². The van der Waals surface area contributed by atoms with Crippen LogP contribution in [0.4, 0.5) is 4.39 Å². The molecule has 1 aromatic rings. The van der Waals surface area contributed by atoms with Crippen LogP contribution < -0.4 is 5.32 Å². The molecule has 0 aromatic heterocycles. The number of hydrogen-bond acceptors (Lipinski definition) is 3. The molecule has 0 amide bonds. The smallest absolute Gasteiger partial charge is 0.151 e. The standard InChI is InChI=1S/C13H18FNO2S/c1-2-18(16,17)8-7-15-13-6-4-10-3-5-11(14)9-12(10)13/h3,5,9,13,15H,2,4,6-8H2,1H3/t13-/m0/s1. The highest BCUT2D eigenvalue weighted by atomic mass is 32.2. The monoisotopic (exact) mass is 271 g/mol. The third-order valence-electron chi connectivity index (χ3n) is 3.43. The van der Waals surface area contributed by atoms with Crippen LogP contribution in [-0.2, 0) is 16.3 Å². The van der Waals surface area contributed by atoms with Crippen molar-refractivity contribution in [2.45, 2.75) is 25.8 Å². The molecule has 3 nitrogen and oxygen atoms in total. The van der Waals surface area contributed by atoms with Gasteiger partial charge in [0.1, 0.15) is 5.82 Å². The van der Waals surface area contributed by atoms with Crippen LogP contribution in [-0.4, -0.2) is 26.5 Å². The fourth-order valence-corrected chi connectivity index (χ4v) is 3.04. The van der Waals surface area contributed by atoms with E-state index in [9.17, 15) is 12.8 Å². The number of hydrogen-bond donors (Lipinski definition) is 1. The van der Waals surface area contributed by atoms with Gasteiger partial charge >= 0.3 is 0 Å². The molecule has 0 radical (unpaired) electrons. The summed E-state index contributed by atoms with van der Waals surface area (Å²) in [4.78, 5) is 0. The number of nitrogens with one attached hydrogen (secondary N) is 1. The van der Waals surface area contributed by atoms with Gasteiger partial charge in [0, 0.05) is 18.3 Å². The Labute approximate surface area is 107 Å². The molecule has 2 rings (SSSR count). The lowest BCUT2D eigenvalue weighted by Crippen LogP contribution is -2.26. The van der Waals surface area contributed by atoms with E-state index in [0.717, 1.165) is 24.0 Å². The van der Waals surface area contributed by atoms with Crippen molar-refractivity contribution in [1.82, 2.24) is 5.32 Å². The maximum absolute atomic E-state index is 13.2. The van der Waals surface area contributed by atoms with Crippen LogP contribution in [0, 0.1) is 5.82 Å². The van der Waals surface area contributed by atoms with Gasteiger partial charge in [-0.1, -0.05) is 13.0 Å². The molecule has 18 heavy (non-hydrogen) atoms. The first-order chi connectivity index (χ1) is 8.52. The lowest BCUT2D eigenvalue weighted by molar-refractivity contribution is 0.538. The van der Waals surface area contributed by atoms with E-state index in [1.54, 1.807) is 13.0 Å². The van der Waals surface area contributed by atoms with Gasteiger partial charge in [0.25, 0.3) is 0 Å². The number of halogens is 1. The first-order valence-corrected chi connectivity index (χ1v) is 8.06. The molecule has 1 aliphatic carbocycles. The predicted molar refractivity (Wildman–Crippen MR) is 69.8 cm³/mol. The van der Waals surface area contributed by atoms with Gasteiger partial charge in [-0.3, -0.25) is 0 Å². The molecule has 1 N–H and O–H groups in total. The summed E-state index contributed by atoms with van der Waals surface area (Å²) in [7, 11) is -2.93. The summed E-state index contributed by atoms with van der Waals surface area (Å²) in [5.74, 6) is 0.0819. The summed E-state index contributed by atoms with van der Waals surface area (Å²) in [5, 5.41) is 3.21. The van der Waals surface area contributed by atoms with Crippen molar-refractivity contribution in [2.24, 2.45) is 0 Å². The summed E-state index contributed by atoms with van der Waals surface area (Å²) in [6, 6.07) is 4.93. The van der Waals surface area contributed by atoms with Crippen molar-refractivity contribution in [3.05, 3.63) is 35.1 Å². The molecular weight excluding hydrogens is 253 g/mol. The maximum atomic E-state index is 13.2. The molecule has 100 valence electrons. The largest absolute Gasteiger partial charge is 0.309 e. The first-order valence-electron chi connectivity index (χ1n) is 6.24. The van der Waals surface area contributed by atoms with Crippen LogP contribution in [0.1, 0.15) is 30.5 Å². The van der Waals surface area contributed by atoms with E-state index >= 15 is 0 Å². The Bertz CT molecular complexity index is 528. The highest BCUT2D eigenvalue weighted by Crippen LogP contribution is 2.31. The van der Waals surface area contributed by atoms with Crippen LogP contribution in [0.3, 0.4) is 0 Å². The molecule has 1 aromatic carbocycles. The SMILES string of the molecule is CCS(=O)(=O)CCN[C@H]1CCc2ccc(F)cc21. The van der Waals surface area contributed by atoms with Gasteiger partial charge in [0.15, 0.2) is 9.84 Å². The molecule has 0 fully saturated rings. The van der Waals surface area contributed by atoms with Crippen molar-refractivity contribution in [1.29, 1.82) is 0 Å². The number of benzene rings is 1. The zero-order chi connectivity index (χ0) is 13.2. The molecule has 0 unspecified atom stereocenters. The quantitative estimate of drug-likeness (QED) is 0.889. The minimum Gasteiger partial charge on any atom is -0.309 e. The Kier molecular flexibility index (Phi) is 4.02. The van der Waals surface area contributed by atoms with Crippen molar-refractivity contribution in [3.63, 3.8) is 0 Å². The van der Waals surface area contributed by atoms with Crippen molar-refractivity contribution >= 4 is 9.84 Å². The van der Waals surface area contributed by atoms with E-state index < -0.39 is 9.84 Å². The Morgan fingerprint density at radius 3 is 2.94 bits per heavy atom. The molecule has 5 heteroatoms. The van der Waals surface area contributed by atoms with Crippen molar-refractivity contribution < 1.29 is 12.8 Å². The first kappa shape index (κ1) is 13.5. The number of aryl methyl sites for hydroxylation is 1. The van der Waals surface area contributed by atoms with E-state index in [0.29, 0.717) is 6.54 Å².